The van der Waals surface area contributed by atoms with E-state index >= 15 is 0 Å². The van der Waals surface area contributed by atoms with Gasteiger partial charge in [-0.2, -0.15) is 13.2 Å². The summed E-state index contributed by atoms with van der Waals surface area (Å²) in [7, 11) is 0. The maximum atomic E-state index is 12.4. The van der Waals surface area contributed by atoms with E-state index in [0.717, 1.165) is 18.3 Å². The Morgan fingerprint density at radius 1 is 1.09 bits per heavy atom. The summed E-state index contributed by atoms with van der Waals surface area (Å²) in [6.45, 7) is 0. The molecule has 2 rings (SSSR count). The number of benzene rings is 2. The Labute approximate surface area is 129 Å². The molecule has 22 heavy (non-hydrogen) atoms. The summed E-state index contributed by atoms with van der Waals surface area (Å²) in [4.78, 5) is 16.3. The summed E-state index contributed by atoms with van der Waals surface area (Å²) in [6, 6.07) is 10.5. The van der Waals surface area contributed by atoms with Gasteiger partial charge in [0.1, 0.15) is 0 Å². The number of nitrogens with zero attached hydrogens (tertiary/aromatic N) is 1. The fraction of sp³-hybridized carbons (Fsp3) is 0.0667. The van der Waals surface area contributed by atoms with Crippen LogP contribution in [0, 0.1) is 0 Å². The summed E-state index contributed by atoms with van der Waals surface area (Å²) < 4.78 is 37.2. The first-order valence-corrected chi connectivity index (χ1v) is 6.42. The van der Waals surface area contributed by atoms with Gasteiger partial charge in [-0.05, 0) is 29.8 Å². The Kier molecular flexibility index (Phi) is 4.82. The molecule has 0 aliphatic carbocycles. The van der Waals surface area contributed by atoms with Crippen molar-refractivity contribution < 1.29 is 22.8 Å². The van der Waals surface area contributed by atoms with E-state index in [1.165, 1.54) is 24.3 Å². The molecule has 0 fully saturated rings. The lowest BCUT2D eigenvalue weighted by Gasteiger charge is -2.05. The predicted molar refractivity (Wildman–Crippen MR) is 75.9 cm³/mol. The number of hydrogen-bond acceptors (Lipinski definition) is 3. The van der Waals surface area contributed by atoms with Gasteiger partial charge in [0.15, 0.2) is 0 Å². The molecule has 0 aliphatic heterocycles. The van der Waals surface area contributed by atoms with Crippen LogP contribution in [-0.4, -0.2) is 12.2 Å². The highest BCUT2D eigenvalue weighted by atomic mass is 35.5. The van der Waals surface area contributed by atoms with Crippen molar-refractivity contribution in [3.63, 3.8) is 0 Å². The molecule has 0 N–H and O–H groups in total. The van der Waals surface area contributed by atoms with Crippen LogP contribution in [0.4, 0.5) is 13.2 Å². The van der Waals surface area contributed by atoms with E-state index in [4.69, 9.17) is 11.6 Å². The number of alkyl halides is 3. The zero-order valence-corrected chi connectivity index (χ0v) is 11.7. The molecule has 0 spiro atoms. The summed E-state index contributed by atoms with van der Waals surface area (Å²) in [5, 5.41) is 3.66. The van der Waals surface area contributed by atoms with Gasteiger partial charge >= 0.3 is 12.1 Å². The highest BCUT2D eigenvalue weighted by molar-refractivity contribution is 6.33. The van der Waals surface area contributed by atoms with E-state index in [-0.39, 0.29) is 10.6 Å². The Hall–Kier alpha value is -2.34. The van der Waals surface area contributed by atoms with Crippen molar-refractivity contribution in [2.45, 2.75) is 6.18 Å². The molecule has 0 unspecified atom stereocenters. The molecule has 0 saturated carbocycles. The number of carbonyl (C=O) groups excluding carboxylic acids is 1. The number of rotatable bonds is 3. The van der Waals surface area contributed by atoms with Crippen LogP contribution >= 0.6 is 11.6 Å². The summed E-state index contributed by atoms with van der Waals surface area (Å²) in [6.07, 6.45) is -3.26. The Bertz CT molecular complexity index is 697. The predicted octanol–water partition coefficient (Wildman–Crippen LogP) is 4.55. The minimum atomic E-state index is -4.40. The van der Waals surface area contributed by atoms with Gasteiger partial charge in [0, 0.05) is 0 Å². The van der Waals surface area contributed by atoms with Crippen molar-refractivity contribution in [1.29, 1.82) is 0 Å². The van der Waals surface area contributed by atoms with Gasteiger partial charge in [-0.3, -0.25) is 0 Å². The molecule has 0 atom stereocenters. The van der Waals surface area contributed by atoms with Crippen molar-refractivity contribution in [1.82, 2.24) is 0 Å². The molecule has 2 aromatic carbocycles. The topological polar surface area (TPSA) is 38.7 Å². The molecule has 0 radical (unpaired) electrons. The third kappa shape index (κ3) is 4.08. The lowest BCUT2D eigenvalue weighted by Crippen LogP contribution is -2.04. The van der Waals surface area contributed by atoms with Crippen molar-refractivity contribution in [2.24, 2.45) is 5.16 Å². The van der Waals surface area contributed by atoms with Gasteiger partial charge in [-0.15, -0.1) is 0 Å². The van der Waals surface area contributed by atoms with E-state index in [1.807, 2.05) is 0 Å². The molecule has 0 bridgehead atoms. The smallest absolute Gasteiger partial charge is 0.313 e. The second-order valence-corrected chi connectivity index (χ2v) is 4.62. The van der Waals surface area contributed by atoms with E-state index in [2.05, 4.69) is 9.99 Å². The molecule has 0 amide bonds. The lowest BCUT2D eigenvalue weighted by molar-refractivity contribution is -0.137. The third-order valence-corrected chi connectivity index (χ3v) is 3.00. The second-order valence-electron chi connectivity index (χ2n) is 4.21. The molecule has 0 aromatic heterocycles. The van der Waals surface area contributed by atoms with Gasteiger partial charge < -0.3 is 4.84 Å². The fourth-order valence-electron chi connectivity index (χ4n) is 1.57. The van der Waals surface area contributed by atoms with Crippen molar-refractivity contribution in [3.8, 4) is 0 Å². The largest absolute Gasteiger partial charge is 0.416 e. The normalized spacial score (nSPS) is 11.6. The maximum Gasteiger partial charge on any atom is 0.416 e. The fourth-order valence-corrected chi connectivity index (χ4v) is 1.78. The quantitative estimate of drug-likeness (QED) is 0.471. The Morgan fingerprint density at radius 3 is 2.32 bits per heavy atom. The molecule has 114 valence electrons. The van der Waals surface area contributed by atoms with Crippen LogP contribution in [0.2, 0.25) is 5.02 Å². The summed E-state index contributed by atoms with van der Waals surface area (Å²) in [5.74, 6) is -0.756. The van der Waals surface area contributed by atoms with Crippen molar-refractivity contribution in [3.05, 3.63) is 70.2 Å². The molecule has 0 saturated heterocycles. The summed E-state index contributed by atoms with van der Waals surface area (Å²) in [5.41, 5.74) is -0.258. The van der Waals surface area contributed by atoms with Crippen molar-refractivity contribution >= 4 is 23.8 Å². The highest BCUT2D eigenvalue weighted by Gasteiger charge is 2.29. The average molecular weight is 328 g/mol. The van der Waals surface area contributed by atoms with Gasteiger partial charge in [-0.1, -0.05) is 41.0 Å². The summed E-state index contributed by atoms with van der Waals surface area (Å²) >= 11 is 5.82. The van der Waals surface area contributed by atoms with Crippen LogP contribution < -0.4 is 0 Å². The average Bonchev–Trinajstić information content (AvgIpc) is 2.47. The van der Waals surface area contributed by atoms with Crippen molar-refractivity contribution in [2.75, 3.05) is 0 Å². The van der Waals surface area contributed by atoms with Crippen LogP contribution in [0.3, 0.4) is 0 Å². The van der Waals surface area contributed by atoms with Gasteiger partial charge in [0.05, 0.1) is 22.4 Å². The first-order valence-electron chi connectivity index (χ1n) is 6.04. The molecule has 7 heteroatoms. The highest BCUT2D eigenvalue weighted by Crippen LogP contribution is 2.28. The molecule has 3 nitrogen and oxygen atoms in total. The monoisotopic (exact) mass is 327 g/mol. The van der Waals surface area contributed by atoms with Crippen LogP contribution in [0.25, 0.3) is 0 Å². The van der Waals surface area contributed by atoms with Crippen LogP contribution in [0.1, 0.15) is 21.5 Å². The molecular weight excluding hydrogens is 319 g/mol. The molecule has 0 heterocycles. The minimum absolute atomic E-state index is 0.147. The maximum absolute atomic E-state index is 12.4. The van der Waals surface area contributed by atoms with E-state index < -0.39 is 17.7 Å². The third-order valence-electron chi connectivity index (χ3n) is 2.67. The minimum Gasteiger partial charge on any atom is -0.313 e. The second kappa shape index (κ2) is 6.62. The van der Waals surface area contributed by atoms with E-state index in [0.29, 0.717) is 5.56 Å². The molecule has 0 aliphatic rings. The zero-order chi connectivity index (χ0) is 16.2. The standard InChI is InChI=1S/C15H9ClF3NO2/c16-13-4-2-1-3-12(13)14(21)22-20-9-10-5-7-11(8-6-10)15(17,18)19/h1-9H/b20-9+. The van der Waals surface area contributed by atoms with E-state index in [9.17, 15) is 18.0 Å². The van der Waals surface area contributed by atoms with Crippen LogP contribution in [0.5, 0.6) is 0 Å². The van der Waals surface area contributed by atoms with Gasteiger partial charge in [0.25, 0.3) is 0 Å². The van der Waals surface area contributed by atoms with E-state index in [1.54, 1.807) is 12.1 Å². The first kappa shape index (κ1) is 16.0. The number of carbonyl (C=O) groups is 1. The molecular formula is C15H9ClF3NO2. The van der Waals surface area contributed by atoms with Gasteiger partial charge in [-0.25, -0.2) is 4.79 Å². The zero-order valence-electron chi connectivity index (χ0n) is 11.0. The Morgan fingerprint density at radius 2 is 1.73 bits per heavy atom. The molecule has 2 aromatic rings. The van der Waals surface area contributed by atoms with Crippen LogP contribution in [-0.2, 0) is 11.0 Å². The Balaban J connectivity index is 2.01. The number of halogens is 4. The van der Waals surface area contributed by atoms with Gasteiger partial charge in [0.2, 0.25) is 0 Å². The lowest BCUT2D eigenvalue weighted by atomic mass is 10.1. The van der Waals surface area contributed by atoms with Crippen LogP contribution in [0.15, 0.2) is 53.7 Å². The SMILES string of the molecule is O=C(O/N=C/c1ccc(C(F)(F)F)cc1)c1ccccc1Cl. The first-order chi connectivity index (χ1) is 10.4. The number of oxime groups is 1. The number of hydrogen-bond donors (Lipinski definition) is 0.